The van der Waals surface area contributed by atoms with Crippen molar-refractivity contribution < 1.29 is 14.6 Å². The number of anilines is 2. The third-order valence-corrected chi connectivity index (χ3v) is 2.62. The second-order valence-electron chi connectivity index (χ2n) is 3.93. The van der Waals surface area contributed by atoms with E-state index < -0.39 is 5.91 Å². The van der Waals surface area contributed by atoms with E-state index in [1.165, 1.54) is 19.2 Å². The van der Waals surface area contributed by atoms with E-state index in [4.69, 9.17) is 10.5 Å². The highest BCUT2D eigenvalue weighted by molar-refractivity contribution is 6.07. The molecule has 0 saturated carbocycles. The molecule has 0 aliphatic carbocycles. The van der Waals surface area contributed by atoms with Gasteiger partial charge < -0.3 is 20.9 Å². The van der Waals surface area contributed by atoms with Crippen molar-refractivity contribution in [3.8, 4) is 11.5 Å². The van der Waals surface area contributed by atoms with Gasteiger partial charge in [0.15, 0.2) is 0 Å². The Bertz CT molecular complexity index is 611. The molecule has 0 spiro atoms. The zero-order chi connectivity index (χ0) is 13.8. The van der Waals surface area contributed by atoms with Crippen LogP contribution in [0, 0.1) is 0 Å². The van der Waals surface area contributed by atoms with Crippen molar-refractivity contribution in [2.75, 3.05) is 18.2 Å². The maximum Gasteiger partial charge on any atom is 0.259 e. The molecule has 0 heterocycles. The van der Waals surface area contributed by atoms with E-state index in [1.54, 1.807) is 30.3 Å². The van der Waals surface area contributed by atoms with Crippen molar-refractivity contribution in [2.45, 2.75) is 0 Å². The number of carbonyl (C=O) groups excluding carboxylic acids is 1. The molecular weight excluding hydrogens is 244 g/mol. The number of nitrogens with two attached hydrogens (primary N) is 1. The maximum absolute atomic E-state index is 12.0. The van der Waals surface area contributed by atoms with Crippen LogP contribution in [0.5, 0.6) is 11.5 Å². The number of para-hydroxylation sites is 1. The van der Waals surface area contributed by atoms with Crippen LogP contribution in [-0.2, 0) is 0 Å². The Kier molecular flexibility index (Phi) is 3.56. The van der Waals surface area contributed by atoms with Gasteiger partial charge in [0.2, 0.25) is 0 Å². The van der Waals surface area contributed by atoms with Crippen molar-refractivity contribution in [3.63, 3.8) is 0 Å². The number of methoxy groups -OCH3 is 1. The van der Waals surface area contributed by atoms with Crippen LogP contribution in [0.1, 0.15) is 10.4 Å². The lowest BCUT2D eigenvalue weighted by molar-refractivity contribution is 0.102. The predicted octanol–water partition coefficient (Wildman–Crippen LogP) is 2.24. The Morgan fingerprint density at radius 1 is 1.26 bits per heavy atom. The number of ether oxygens (including phenoxy) is 1. The molecule has 0 saturated heterocycles. The first-order valence-electron chi connectivity index (χ1n) is 5.64. The number of phenols is 1. The summed E-state index contributed by atoms with van der Waals surface area (Å²) >= 11 is 0. The van der Waals surface area contributed by atoms with Crippen molar-refractivity contribution in [1.82, 2.24) is 0 Å². The van der Waals surface area contributed by atoms with Gasteiger partial charge in [0.25, 0.3) is 5.91 Å². The average molecular weight is 258 g/mol. The standard InChI is InChI=1S/C14H14N2O3/c1-19-13-7-6-9(15)8-11(13)16-14(18)10-4-2-3-5-12(10)17/h2-8,17H,15H2,1H3,(H,16,18). The Morgan fingerprint density at radius 2 is 2.00 bits per heavy atom. The molecule has 0 atom stereocenters. The van der Waals surface area contributed by atoms with Gasteiger partial charge in [-0.05, 0) is 30.3 Å². The summed E-state index contributed by atoms with van der Waals surface area (Å²) in [7, 11) is 1.50. The van der Waals surface area contributed by atoms with Gasteiger partial charge in [0.1, 0.15) is 11.5 Å². The highest BCUT2D eigenvalue weighted by Crippen LogP contribution is 2.27. The van der Waals surface area contributed by atoms with Crippen LogP contribution in [0.15, 0.2) is 42.5 Å². The minimum atomic E-state index is -0.429. The fraction of sp³-hybridized carbons (Fsp3) is 0.0714. The van der Waals surface area contributed by atoms with Crippen LogP contribution in [0.2, 0.25) is 0 Å². The van der Waals surface area contributed by atoms with Gasteiger partial charge in [-0.15, -0.1) is 0 Å². The molecule has 19 heavy (non-hydrogen) atoms. The molecule has 0 fully saturated rings. The molecule has 0 aliphatic rings. The molecule has 0 aromatic heterocycles. The van der Waals surface area contributed by atoms with E-state index in [2.05, 4.69) is 5.32 Å². The number of nitrogens with one attached hydrogen (secondary N) is 1. The monoisotopic (exact) mass is 258 g/mol. The fourth-order valence-corrected chi connectivity index (χ4v) is 1.68. The van der Waals surface area contributed by atoms with Crippen molar-refractivity contribution >= 4 is 17.3 Å². The number of rotatable bonds is 3. The van der Waals surface area contributed by atoms with Crippen molar-refractivity contribution in [3.05, 3.63) is 48.0 Å². The largest absolute Gasteiger partial charge is 0.507 e. The topological polar surface area (TPSA) is 84.6 Å². The zero-order valence-corrected chi connectivity index (χ0v) is 10.4. The van der Waals surface area contributed by atoms with Crippen LogP contribution in [-0.4, -0.2) is 18.1 Å². The fourth-order valence-electron chi connectivity index (χ4n) is 1.68. The number of phenolic OH excluding ortho intramolecular Hbond substituents is 1. The van der Waals surface area contributed by atoms with E-state index in [-0.39, 0.29) is 11.3 Å². The van der Waals surface area contributed by atoms with E-state index in [0.717, 1.165) is 0 Å². The molecule has 2 aromatic rings. The summed E-state index contributed by atoms with van der Waals surface area (Å²) in [6.07, 6.45) is 0. The Morgan fingerprint density at radius 3 is 2.68 bits per heavy atom. The maximum atomic E-state index is 12.0. The van der Waals surface area contributed by atoms with Gasteiger partial charge in [-0.1, -0.05) is 12.1 Å². The first kappa shape index (κ1) is 12.8. The molecule has 0 aliphatic heterocycles. The summed E-state index contributed by atoms with van der Waals surface area (Å²) < 4.78 is 5.13. The molecule has 0 unspecified atom stereocenters. The number of hydrogen-bond acceptors (Lipinski definition) is 4. The Balaban J connectivity index is 2.29. The molecule has 5 nitrogen and oxygen atoms in total. The van der Waals surface area contributed by atoms with Gasteiger partial charge in [-0.2, -0.15) is 0 Å². The molecule has 0 bridgehead atoms. The lowest BCUT2D eigenvalue weighted by Gasteiger charge is -2.11. The Hall–Kier alpha value is -2.69. The van der Waals surface area contributed by atoms with Gasteiger partial charge in [0, 0.05) is 5.69 Å². The number of aromatic hydroxyl groups is 1. The third-order valence-electron chi connectivity index (χ3n) is 2.62. The second-order valence-corrected chi connectivity index (χ2v) is 3.93. The highest BCUT2D eigenvalue weighted by atomic mass is 16.5. The van der Waals surface area contributed by atoms with E-state index in [9.17, 15) is 9.90 Å². The lowest BCUT2D eigenvalue weighted by Crippen LogP contribution is -2.13. The molecule has 0 radical (unpaired) electrons. The average Bonchev–Trinajstić information content (AvgIpc) is 2.39. The smallest absolute Gasteiger partial charge is 0.259 e. The third kappa shape index (κ3) is 2.77. The summed E-state index contributed by atoms with van der Waals surface area (Å²) in [6, 6.07) is 11.2. The van der Waals surface area contributed by atoms with E-state index in [0.29, 0.717) is 17.1 Å². The zero-order valence-electron chi connectivity index (χ0n) is 10.4. The van der Waals surface area contributed by atoms with Gasteiger partial charge in [-0.25, -0.2) is 0 Å². The van der Waals surface area contributed by atoms with E-state index in [1.807, 2.05) is 0 Å². The molecule has 2 rings (SSSR count). The summed E-state index contributed by atoms with van der Waals surface area (Å²) in [5.41, 5.74) is 6.82. The summed E-state index contributed by atoms with van der Waals surface area (Å²) in [5, 5.41) is 12.3. The van der Waals surface area contributed by atoms with Gasteiger partial charge >= 0.3 is 0 Å². The van der Waals surface area contributed by atoms with Crippen LogP contribution >= 0.6 is 0 Å². The second kappa shape index (κ2) is 5.30. The molecular formula is C14H14N2O3. The van der Waals surface area contributed by atoms with Crippen LogP contribution in [0.3, 0.4) is 0 Å². The normalized spacial score (nSPS) is 9.95. The summed E-state index contributed by atoms with van der Waals surface area (Å²) in [4.78, 5) is 12.0. The number of hydrogen-bond donors (Lipinski definition) is 3. The quantitative estimate of drug-likeness (QED) is 0.737. The predicted molar refractivity (Wildman–Crippen MR) is 73.5 cm³/mol. The minimum Gasteiger partial charge on any atom is -0.507 e. The number of carbonyl (C=O) groups is 1. The summed E-state index contributed by atoms with van der Waals surface area (Å²) in [5.74, 6) is -0.0113. The lowest BCUT2D eigenvalue weighted by atomic mass is 10.1. The van der Waals surface area contributed by atoms with Crippen molar-refractivity contribution in [1.29, 1.82) is 0 Å². The first-order valence-corrected chi connectivity index (χ1v) is 5.64. The van der Waals surface area contributed by atoms with Crippen LogP contribution in [0.4, 0.5) is 11.4 Å². The molecule has 4 N–H and O–H groups in total. The number of nitrogen functional groups attached to an aromatic ring is 1. The van der Waals surface area contributed by atoms with Gasteiger partial charge in [-0.3, -0.25) is 4.79 Å². The number of benzene rings is 2. The van der Waals surface area contributed by atoms with Gasteiger partial charge in [0.05, 0.1) is 18.4 Å². The molecule has 1 amide bonds. The first-order chi connectivity index (χ1) is 9.11. The molecule has 98 valence electrons. The van der Waals surface area contributed by atoms with Crippen LogP contribution in [0.25, 0.3) is 0 Å². The SMILES string of the molecule is COc1ccc(N)cc1NC(=O)c1ccccc1O. The minimum absolute atomic E-state index is 0.0807. The van der Waals surface area contributed by atoms with Crippen LogP contribution < -0.4 is 15.8 Å². The Labute approximate surface area is 110 Å². The number of amides is 1. The van der Waals surface area contributed by atoms with E-state index >= 15 is 0 Å². The summed E-state index contributed by atoms with van der Waals surface area (Å²) in [6.45, 7) is 0. The highest BCUT2D eigenvalue weighted by Gasteiger charge is 2.13. The molecule has 2 aromatic carbocycles. The van der Waals surface area contributed by atoms with Crippen molar-refractivity contribution in [2.24, 2.45) is 0 Å². The molecule has 5 heteroatoms.